The number of hydrogen-bond acceptors (Lipinski definition) is 8. The molecule has 0 atom stereocenters. The van der Waals surface area contributed by atoms with Gasteiger partial charge in [-0.25, -0.2) is 14.4 Å². The molecule has 36 heavy (non-hydrogen) atoms. The van der Waals surface area contributed by atoms with Crippen molar-refractivity contribution in [2.75, 3.05) is 24.7 Å². The van der Waals surface area contributed by atoms with E-state index in [0.29, 0.717) is 11.4 Å². The Labute approximate surface area is 206 Å². The van der Waals surface area contributed by atoms with E-state index in [1.165, 1.54) is 12.1 Å². The second-order valence-corrected chi connectivity index (χ2v) is 7.47. The molecule has 0 heterocycles. The van der Waals surface area contributed by atoms with Crippen molar-refractivity contribution in [3.63, 3.8) is 0 Å². The largest absolute Gasteiger partial charge is 0.507 e. The van der Waals surface area contributed by atoms with Gasteiger partial charge >= 0.3 is 17.9 Å². The van der Waals surface area contributed by atoms with Crippen LogP contribution in [0.4, 0.5) is 11.4 Å². The number of rotatable bonds is 6. The maximum Gasteiger partial charge on any atom is 0.340 e. The van der Waals surface area contributed by atoms with Crippen LogP contribution in [0.2, 0.25) is 0 Å². The van der Waals surface area contributed by atoms with Crippen molar-refractivity contribution in [3.05, 3.63) is 102 Å². The zero-order chi connectivity index (χ0) is 26.1. The Balaban J connectivity index is 0.000000221. The van der Waals surface area contributed by atoms with Crippen molar-refractivity contribution in [2.45, 2.75) is 0 Å². The number of carboxylic acids is 1. The maximum absolute atomic E-state index is 11.8. The summed E-state index contributed by atoms with van der Waals surface area (Å²) in [5.41, 5.74) is 12.5. The van der Waals surface area contributed by atoms with Crippen LogP contribution in [-0.4, -0.2) is 41.3 Å². The summed E-state index contributed by atoms with van der Waals surface area (Å²) >= 11 is 0. The molecule has 9 nitrogen and oxygen atoms in total. The second kappa shape index (κ2) is 11.9. The van der Waals surface area contributed by atoms with Crippen LogP contribution in [0.3, 0.4) is 0 Å². The Morgan fingerprint density at radius 1 is 0.639 bits per heavy atom. The lowest BCUT2D eigenvalue weighted by molar-refractivity contribution is 0.0267. The zero-order valence-corrected chi connectivity index (χ0v) is 19.1. The number of phenols is 1. The molecule has 0 spiro atoms. The van der Waals surface area contributed by atoms with Crippen molar-refractivity contribution in [3.8, 4) is 5.75 Å². The fourth-order valence-corrected chi connectivity index (χ4v) is 3.19. The number of ether oxygens (including phenoxy) is 2. The van der Waals surface area contributed by atoms with E-state index in [1.54, 1.807) is 54.6 Å². The molecular weight excluding hydrogens is 464 g/mol. The molecule has 0 radical (unpaired) electrons. The molecule has 0 fully saturated rings. The molecule has 0 unspecified atom stereocenters. The molecule has 9 heteroatoms. The van der Waals surface area contributed by atoms with E-state index in [0.717, 1.165) is 10.8 Å². The lowest BCUT2D eigenvalue weighted by Gasteiger charge is -2.08. The quantitative estimate of drug-likeness (QED) is 0.178. The van der Waals surface area contributed by atoms with E-state index in [2.05, 4.69) is 0 Å². The number of para-hydroxylation sites is 2. The molecule has 4 aromatic rings. The third-order valence-corrected chi connectivity index (χ3v) is 5.01. The average molecular weight is 488 g/mol. The van der Waals surface area contributed by atoms with Crippen LogP contribution in [0.25, 0.3) is 10.8 Å². The summed E-state index contributed by atoms with van der Waals surface area (Å²) in [6.07, 6.45) is 0. The van der Waals surface area contributed by atoms with Crippen LogP contribution in [0.5, 0.6) is 5.75 Å². The molecule has 0 aliphatic rings. The first-order chi connectivity index (χ1) is 17.3. The van der Waals surface area contributed by atoms with E-state index in [-0.39, 0.29) is 35.7 Å². The number of anilines is 2. The summed E-state index contributed by atoms with van der Waals surface area (Å²) in [4.78, 5) is 34.2. The minimum atomic E-state index is -1.12. The molecule has 0 aromatic heterocycles. The van der Waals surface area contributed by atoms with Crippen LogP contribution in [0.1, 0.15) is 31.1 Å². The van der Waals surface area contributed by atoms with Crippen LogP contribution in [0.15, 0.2) is 84.9 Å². The summed E-state index contributed by atoms with van der Waals surface area (Å²) in [7, 11) is 0. The second-order valence-electron chi connectivity index (χ2n) is 7.47. The molecular formula is C27H24N2O7. The summed E-state index contributed by atoms with van der Waals surface area (Å²) < 4.78 is 10.00. The fourth-order valence-electron chi connectivity index (χ4n) is 3.19. The van der Waals surface area contributed by atoms with Crippen molar-refractivity contribution < 1.29 is 34.1 Å². The number of aromatic carboxylic acids is 1. The van der Waals surface area contributed by atoms with Gasteiger partial charge in [-0.2, -0.15) is 0 Å². The third-order valence-electron chi connectivity index (χ3n) is 5.01. The number of fused-ring (bicyclic) bond motifs is 1. The lowest BCUT2D eigenvalue weighted by atomic mass is 10.1. The molecule has 6 N–H and O–H groups in total. The van der Waals surface area contributed by atoms with Gasteiger partial charge in [0.2, 0.25) is 0 Å². The SMILES string of the molecule is Nc1ccccc1C(=O)OCCOC(=O)c1ccccc1N.O=C(O)c1cc2ccccc2cc1O. The van der Waals surface area contributed by atoms with Gasteiger partial charge in [-0.3, -0.25) is 0 Å². The summed E-state index contributed by atoms with van der Waals surface area (Å²) in [6.45, 7) is -0.128. The predicted octanol–water partition coefficient (Wildman–Crippen LogP) is 4.11. The van der Waals surface area contributed by atoms with E-state index >= 15 is 0 Å². The van der Waals surface area contributed by atoms with Gasteiger partial charge in [0, 0.05) is 11.4 Å². The number of benzene rings is 4. The Morgan fingerprint density at radius 2 is 1.06 bits per heavy atom. The molecule has 0 saturated carbocycles. The molecule has 0 bridgehead atoms. The normalized spacial score (nSPS) is 10.1. The first-order valence-corrected chi connectivity index (χ1v) is 10.8. The van der Waals surface area contributed by atoms with Gasteiger partial charge in [0.15, 0.2) is 0 Å². The molecule has 0 amide bonds. The molecule has 4 rings (SSSR count). The van der Waals surface area contributed by atoms with Crippen LogP contribution in [0, 0.1) is 0 Å². The molecule has 0 aliphatic heterocycles. The third kappa shape index (κ3) is 6.51. The number of hydrogen-bond donors (Lipinski definition) is 4. The maximum atomic E-state index is 11.8. The van der Waals surface area contributed by atoms with Gasteiger partial charge in [-0.1, -0.05) is 48.5 Å². The van der Waals surface area contributed by atoms with Crippen molar-refractivity contribution in [2.24, 2.45) is 0 Å². The predicted molar refractivity (Wildman–Crippen MR) is 135 cm³/mol. The average Bonchev–Trinajstić information content (AvgIpc) is 2.86. The molecule has 4 aromatic carbocycles. The Hall–Kier alpha value is -5.05. The van der Waals surface area contributed by atoms with E-state index < -0.39 is 17.9 Å². The highest BCUT2D eigenvalue weighted by atomic mass is 16.6. The first-order valence-electron chi connectivity index (χ1n) is 10.8. The van der Waals surface area contributed by atoms with Gasteiger partial charge in [-0.05, 0) is 47.2 Å². The van der Waals surface area contributed by atoms with E-state index in [4.69, 9.17) is 26.0 Å². The number of aromatic hydroxyl groups is 1. The Bertz CT molecular complexity index is 1340. The number of carboxylic acid groups (broad SMARTS) is 1. The van der Waals surface area contributed by atoms with Crippen molar-refractivity contribution in [1.29, 1.82) is 0 Å². The molecule has 184 valence electrons. The minimum absolute atomic E-state index is 0.0638. The summed E-state index contributed by atoms with van der Waals surface area (Å²) in [6, 6.07) is 23.4. The smallest absolute Gasteiger partial charge is 0.340 e. The summed E-state index contributed by atoms with van der Waals surface area (Å²) in [5.74, 6) is -2.44. The Morgan fingerprint density at radius 3 is 1.50 bits per heavy atom. The standard InChI is InChI=1S/C16H16N2O4.C11H8O3/c17-13-7-3-1-5-11(13)15(19)21-9-10-22-16(20)12-6-2-4-8-14(12)18;12-10-6-8-4-2-1-3-7(8)5-9(10)11(13)14/h1-8H,9-10,17-18H2;1-6,12H,(H,13,14). The van der Waals surface area contributed by atoms with Gasteiger partial charge in [0.25, 0.3) is 0 Å². The highest BCUT2D eigenvalue weighted by Gasteiger charge is 2.13. The topological polar surface area (TPSA) is 162 Å². The van der Waals surface area contributed by atoms with Gasteiger partial charge < -0.3 is 31.2 Å². The van der Waals surface area contributed by atoms with Gasteiger partial charge in [-0.15, -0.1) is 0 Å². The van der Waals surface area contributed by atoms with Crippen LogP contribution in [-0.2, 0) is 9.47 Å². The lowest BCUT2D eigenvalue weighted by Crippen LogP contribution is -2.15. The van der Waals surface area contributed by atoms with E-state index in [1.807, 2.05) is 18.2 Å². The molecule has 0 saturated heterocycles. The monoisotopic (exact) mass is 488 g/mol. The minimum Gasteiger partial charge on any atom is -0.507 e. The number of nitrogen functional groups attached to an aromatic ring is 2. The van der Waals surface area contributed by atoms with Crippen molar-refractivity contribution in [1.82, 2.24) is 0 Å². The van der Waals surface area contributed by atoms with Gasteiger partial charge in [0.05, 0.1) is 11.1 Å². The number of esters is 2. The van der Waals surface area contributed by atoms with Crippen LogP contribution < -0.4 is 11.5 Å². The van der Waals surface area contributed by atoms with E-state index in [9.17, 15) is 19.5 Å². The number of carbonyl (C=O) groups excluding carboxylic acids is 2. The Kier molecular flexibility index (Phi) is 8.44. The van der Waals surface area contributed by atoms with Crippen LogP contribution >= 0.6 is 0 Å². The summed E-state index contributed by atoms with van der Waals surface area (Å²) in [5, 5.41) is 19.8. The number of carbonyl (C=O) groups is 3. The first kappa shape index (κ1) is 25.6. The molecule has 0 aliphatic carbocycles. The fraction of sp³-hybridized carbons (Fsp3) is 0.0741. The highest BCUT2D eigenvalue weighted by Crippen LogP contribution is 2.24. The zero-order valence-electron chi connectivity index (χ0n) is 19.1. The van der Waals surface area contributed by atoms with Gasteiger partial charge in [0.1, 0.15) is 24.5 Å². The number of nitrogens with two attached hydrogens (primary N) is 2. The highest BCUT2D eigenvalue weighted by molar-refractivity contribution is 5.97. The van der Waals surface area contributed by atoms with Crippen molar-refractivity contribution >= 4 is 40.1 Å².